The number of hydrogen-bond donors (Lipinski definition) is 3. The van der Waals surface area contributed by atoms with Gasteiger partial charge in [-0.25, -0.2) is 4.79 Å². The maximum Gasteiger partial charge on any atom is 0.318 e. The first-order chi connectivity index (χ1) is 17.0. The molecule has 0 spiro atoms. The van der Waals surface area contributed by atoms with Crippen LogP contribution in [0.5, 0.6) is 11.5 Å². The number of urea groups is 1. The smallest absolute Gasteiger partial charge is 0.318 e. The third kappa shape index (κ3) is 4.10. The minimum absolute atomic E-state index is 0.135. The topological polar surface area (TPSA) is 131 Å². The van der Waals surface area contributed by atoms with E-state index in [1.807, 2.05) is 25.1 Å². The number of H-pyrrole nitrogens is 1. The summed E-state index contributed by atoms with van der Waals surface area (Å²) < 4.78 is 16.8. The van der Waals surface area contributed by atoms with Gasteiger partial charge in [0.15, 0.2) is 11.6 Å². The van der Waals surface area contributed by atoms with Crippen LogP contribution in [0.3, 0.4) is 0 Å². The summed E-state index contributed by atoms with van der Waals surface area (Å²) in [4.78, 5) is 32.7. The minimum atomic E-state index is -0.383. The molecule has 0 saturated heterocycles. The van der Waals surface area contributed by atoms with Gasteiger partial charge in [-0.05, 0) is 48.9 Å². The number of hydrogen-bond acceptors (Lipinski definition) is 7. The molecule has 0 fully saturated rings. The van der Waals surface area contributed by atoms with E-state index in [4.69, 9.17) is 14.0 Å². The number of Topliss-reactive ketones (excluding diaryl/α,β-unsaturated/α-hetero) is 1. The van der Waals surface area contributed by atoms with Crippen LogP contribution in [0, 0.1) is 0 Å². The van der Waals surface area contributed by atoms with Crippen molar-refractivity contribution in [1.82, 2.24) is 20.4 Å². The van der Waals surface area contributed by atoms with Crippen LogP contribution in [-0.2, 0) is 6.42 Å². The zero-order chi connectivity index (χ0) is 24.5. The average molecular weight is 473 g/mol. The maximum atomic E-state index is 13.2. The summed E-state index contributed by atoms with van der Waals surface area (Å²) in [6, 6.07) is 10.1. The number of aromatic amines is 1. The summed E-state index contributed by atoms with van der Waals surface area (Å²) in [5, 5.41) is 10.00. The lowest BCUT2D eigenvalue weighted by Crippen LogP contribution is -2.24. The van der Waals surface area contributed by atoms with E-state index < -0.39 is 0 Å². The Bertz CT molecular complexity index is 1480. The Kier molecular flexibility index (Phi) is 5.69. The van der Waals surface area contributed by atoms with Crippen molar-refractivity contribution in [3.63, 3.8) is 0 Å². The Morgan fingerprint density at radius 1 is 1.23 bits per heavy atom. The van der Waals surface area contributed by atoms with E-state index in [9.17, 15) is 9.59 Å². The van der Waals surface area contributed by atoms with E-state index in [-0.39, 0.29) is 17.6 Å². The van der Waals surface area contributed by atoms with Crippen molar-refractivity contribution in [2.45, 2.75) is 19.8 Å². The van der Waals surface area contributed by atoms with Gasteiger partial charge in [0, 0.05) is 35.6 Å². The van der Waals surface area contributed by atoms with Gasteiger partial charge in [-0.2, -0.15) is 4.98 Å². The summed E-state index contributed by atoms with van der Waals surface area (Å²) in [5.74, 6) is 1.82. The van der Waals surface area contributed by atoms with Gasteiger partial charge in [-0.3, -0.25) is 4.79 Å². The Hall–Kier alpha value is -4.60. The van der Waals surface area contributed by atoms with Gasteiger partial charge in [0.05, 0.1) is 12.7 Å². The van der Waals surface area contributed by atoms with E-state index in [1.165, 1.54) is 7.05 Å². The van der Waals surface area contributed by atoms with Crippen molar-refractivity contribution in [1.29, 1.82) is 0 Å². The van der Waals surface area contributed by atoms with Gasteiger partial charge >= 0.3 is 6.03 Å². The van der Waals surface area contributed by atoms with Crippen LogP contribution in [0.2, 0.25) is 0 Å². The molecule has 10 heteroatoms. The Morgan fingerprint density at radius 2 is 2.09 bits per heavy atom. The van der Waals surface area contributed by atoms with Crippen molar-refractivity contribution in [2.75, 3.05) is 19.5 Å². The maximum absolute atomic E-state index is 13.2. The number of anilines is 1. The Morgan fingerprint density at radius 3 is 2.86 bits per heavy atom. The van der Waals surface area contributed by atoms with Crippen LogP contribution in [0.4, 0.5) is 10.5 Å². The highest BCUT2D eigenvalue weighted by Crippen LogP contribution is 2.38. The number of rotatable bonds is 6. The molecule has 2 aromatic heterocycles. The van der Waals surface area contributed by atoms with Gasteiger partial charge in [0.25, 0.3) is 5.89 Å². The fourth-order valence-electron chi connectivity index (χ4n) is 3.91. The van der Waals surface area contributed by atoms with Crippen LogP contribution < -0.4 is 20.1 Å². The largest absolute Gasteiger partial charge is 0.497 e. The zero-order valence-corrected chi connectivity index (χ0v) is 19.4. The highest BCUT2D eigenvalue weighted by molar-refractivity contribution is 6.16. The normalized spacial score (nSPS) is 13.7. The van der Waals surface area contributed by atoms with Crippen LogP contribution >= 0.6 is 0 Å². The first kappa shape index (κ1) is 22.2. The van der Waals surface area contributed by atoms with Crippen LogP contribution in [-0.4, -0.2) is 41.1 Å². The number of fused-ring (bicyclic) bond motifs is 2. The summed E-state index contributed by atoms with van der Waals surface area (Å²) >= 11 is 0. The fraction of sp³-hybridized carbons (Fsp3) is 0.200. The molecule has 3 N–H and O–H groups in total. The number of ether oxygens (including phenoxy) is 2. The van der Waals surface area contributed by atoms with Gasteiger partial charge < -0.3 is 29.6 Å². The van der Waals surface area contributed by atoms with Crippen LogP contribution in [0.1, 0.15) is 35.1 Å². The Balaban J connectivity index is 1.59. The van der Waals surface area contributed by atoms with Gasteiger partial charge in [-0.15, -0.1) is 0 Å². The average Bonchev–Trinajstić information content (AvgIpc) is 3.56. The molecule has 0 bridgehead atoms. The number of carbonyl (C=O) groups is 2. The number of nitrogens with zero attached hydrogens (tertiary/aromatic N) is 2. The molecule has 2 amide bonds. The third-order valence-corrected chi connectivity index (χ3v) is 5.63. The monoisotopic (exact) mass is 473 g/mol. The number of benzene rings is 2. The lowest BCUT2D eigenvalue weighted by molar-refractivity contribution is 0.101. The molecule has 10 nitrogen and oxygen atoms in total. The van der Waals surface area contributed by atoms with E-state index in [0.29, 0.717) is 52.1 Å². The second-order valence-electron chi connectivity index (χ2n) is 7.95. The number of aromatic nitrogens is 3. The highest BCUT2D eigenvalue weighted by Gasteiger charge is 2.29. The minimum Gasteiger partial charge on any atom is -0.497 e. The first-order valence-corrected chi connectivity index (χ1v) is 11.1. The SMILES string of the molecule is CCCc1noc(-c2[nH]c3ccc(OC)cc3c2C=C2Oc3ccc(NC(=O)NC)cc3C2=O)n1. The number of ketones is 1. The highest BCUT2D eigenvalue weighted by atomic mass is 16.5. The quantitative estimate of drug-likeness (QED) is 0.350. The molecule has 0 aliphatic carbocycles. The van der Waals surface area contributed by atoms with E-state index in [0.717, 1.165) is 17.3 Å². The molecule has 1 aliphatic heterocycles. The van der Waals surface area contributed by atoms with Crippen molar-refractivity contribution < 1.29 is 23.6 Å². The van der Waals surface area contributed by atoms with E-state index in [2.05, 4.69) is 25.8 Å². The Labute approximate surface area is 200 Å². The first-order valence-electron chi connectivity index (χ1n) is 11.1. The van der Waals surface area contributed by atoms with Crippen LogP contribution in [0.15, 0.2) is 46.7 Å². The van der Waals surface area contributed by atoms with E-state index in [1.54, 1.807) is 31.4 Å². The number of carbonyl (C=O) groups excluding carboxylic acids is 2. The molecular formula is C25H23N5O5. The van der Waals surface area contributed by atoms with Crippen molar-refractivity contribution in [3.8, 4) is 23.1 Å². The predicted octanol–water partition coefficient (Wildman–Crippen LogP) is 4.55. The summed E-state index contributed by atoms with van der Waals surface area (Å²) in [7, 11) is 3.10. The molecule has 1 aliphatic rings. The van der Waals surface area contributed by atoms with Crippen molar-refractivity contribution in [3.05, 3.63) is 59.1 Å². The van der Waals surface area contributed by atoms with Gasteiger partial charge in [0.1, 0.15) is 17.2 Å². The second kappa shape index (κ2) is 8.98. The molecule has 35 heavy (non-hydrogen) atoms. The van der Waals surface area contributed by atoms with Gasteiger partial charge in [0.2, 0.25) is 5.78 Å². The molecule has 2 aromatic carbocycles. The number of nitrogens with one attached hydrogen (secondary N) is 3. The summed E-state index contributed by atoms with van der Waals surface area (Å²) in [5.41, 5.74) is 2.87. The summed E-state index contributed by atoms with van der Waals surface area (Å²) in [6.45, 7) is 2.04. The fourth-order valence-corrected chi connectivity index (χ4v) is 3.91. The zero-order valence-electron chi connectivity index (χ0n) is 19.4. The molecule has 0 saturated carbocycles. The van der Waals surface area contributed by atoms with Crippen LogP contribution in [0.25, 0.3) is 28.6 Å². The number of aryl methyl sites for hydroxylation is 1. The third-order valence-electron chi connectivity index (χ3n) is 5.63. The number of amides is 2. The molecular weight excluding hydrogens is 450 g/mol. The molecule has 0 radical (unpaired) electrons. The van der Waals surface area contributed by atoms with E-state index >= 15 is 0 Å². The lowest BCUT2D eigenvalue weighted by atomic mass is 10.1. The molecule has 0 unspecified atom stereocenters. The van der Waals surface area contributed by atoms with Crippen molar-refractivity contribution >= 4 is 34.5 Å². The molecule has 0 atom stereocenters. The lowest BCUT2D eigenvalue weighted by Gasteiger charge is -2.04. The standard InChI is InChI=1S/C25H23N5O5/c1-4-5-21-29-24(35-30-21)22-16(15-11-14(33-3)7-8-18(15)28-22)12-20-23(31)17-10-13(27-25(32)26-2)6-9-19(17)34-20/h6-12,28H,4-5H2,1-3H3,(H2,26,27,32). The molecule has 4 aromatic rings. The second-order valence-corrected chi connectivity index (χ2v) is 7.95. The molecule has 178 valence electrons. The number of methoxy groups -OCH3 is 1. The van der Waals surface area contributed by atoms with Crippen molar-refractivity contribution in [2.24, 2.45) is 0 Å². The summed E-state index contributed by atoms with van der Waals surface area (Å²) in [6.07, 6.45) is 3.24. The van der Waals surface area contributed by atoms with Gasteiger partial charge in [-0.1, -0.05) is 12.1 Å². The predicted molar refractivity (Wildman–Crippen MR) is 130 cm³/mol. The molecule has 5 rings (SSSR count). The number of allylic oxidation sites excluding steroid dienone is 1. The molecule has 3 heterocycles.